The van der Waals surface area contributed by atoms with Crippen LogP contribution in [0.1, 0.15) is 39.2 Å². The summed E-state index contributed by atoms with van der Waals surface area (Å²) in [7, 11) is 0. The number of hydrogen-bond acceptors (Lipinski definition) is 5. The first kappa shape index (κ1) is 20.1. The number of benzene rings is 1. The first-order valence-electron chi connectivity index (χ1n) is 9.62. The van der Waals surface area contributed by atoms with E-state index in [1.165, 1.54) is 0 Å². The standard InChI is InChI=1S/C20H30N2O5/c1-5-6-11-24-16-15(25-18-17(16)26-20(3,4)27-18)12-21-19(23)22-14-9-7-13(2)8-10-14/h7-10,15-18H,5-6,11-12H2,1-4H3,(H2,21,22,23)/t15-,16-,17+,18+/m0/s1. The van der Waals surface area contributed by atoms with Gasteiger partial charge in [-0.25, -0.2) is 4.79 Å². The maximum atomic E-state index is 12.2. The summed E-state index contributed by atoms with van der Waals surface area (Å²) in [6, 6.07) is 7.35. The normalized spacial score (nSPS) is 28.7. The summed E-state index contributed by atoms with van der Waals surface area (Å²) >= 11 is 0. The molecule has 2 heterocycles. The van der Waals surface area contributed by atoms with Crippen molar-refractivity contribution in [2.75, 3.05) is 18.5 Å². The topological polar surface area (TPSA) is 78.1 Å². The number of carbonyl (C=O) groups excluding carboxylic acids is 1. The Morgan fingerprint density at radius 3 is 2.67 bits per heavy atom. The van der Waals surface area contributed by atoms with E-state index in [4.69, 9.17) is 18.9 Å². The van der Waals surface area contributed by atoms with Crippen LogP contribution in [0.4, 0.5) is 10.5 Å². The van der Waals surface area contributed by atoms with E-state index >= 15 is 0 Å². The first-order valence-corrected chi connectivity index (χ1v) is 9.62. The summed E-state index contributed by atoms with van der Waals surface area (Å²) in [6.45, 7) is 8.78. The Kier molecular flexibility index (Phi) is 6.37. The summed E-state index contributed by atoms with van der Waals surface area (Å²) in [4.78, 5) is 12.2. The lowest BCUT2D eigenvalue weighted by molar-refractivity contribution is -0.217. The van der Waals surface area contributed by atoms with Gasteiger partial charge in [-0.15, -0.1) is 0 Å². The summed E-state index contributed by atoms with van der Waals surface area (Å²) in [5.41, 5.74) is 1.88. The molecule has 27 heavy (non-hydrogen) atoms. The van der Waals surface area contributed by atoms with Gasteiger partial charge in [0.25, 0.3) is 0 Å². The third-order valence-electron chi connectivity index (χ3n) is 4.67. The number of aryl methyl sites for hydroxylation is 1. The molecule has 1 aromatic rings. The van der Waals surface area contributed by atoms with E-state index in [2.05, 4.69) is 17.6 Å². The van der Waals surface area contributed by atoms with Gasteiger partial charge in [-0.3, -0.25) is 0 Å². The van der Waals surface area contributed by atoms with Gasteiger partial charge in [0.15, 0.2) is 12.1 Å². The quantitative estimate of drug-likeness (QED) is 0.713. The molecule has 0 radical (unpaired) electrons. The number of urea groups is 1. The van der Waals surface area contributed by atoms with Gasteiger partial charge in [0.1, 0.15) is 18.3 Å². The van der Waals surface area contributed by atoms with Crippen molar-refractivity contribution in [3.63, 3.8) is 0 Å². The van der Waals surface area contributed by atoms with E-state index in [-0.39, 0.29) is 24.3 Å². The molecule has 0 unspecified atom stereocenters. The molecule has 0 aliphatic carbocycles. The lowest BCUT2D eigenvalue weighted by atomic mass is 10.1. The summed E-state index contributed by atoms with van der Waals surface area (Å²) in [5, 5.41) is 5.67. The Balaban J connectivity index is 1.54. The van der Waals surface area contributed by atoms with Crippen LogP contribution in [-0.4, -0.2) is 49.6 Å². The summed E-state index contributed by atoms with van der Waals surface area (Å²) in [5.74, 6) is -0.692. The minimum Gasteiger partial charge on any atom is -0.373 e. The van der Waals surface area contributed by atoms with Gasteiger partial charge in [0.2, 0.25) is 0 Å². The molecule has 2 aliphatic rings. The average molecular weight is 378 g/mol. The van der Waals surface area contributed by atoms with Crippen molar-refractivity contribution in [2.45, 2.75) is 70.9 Å². The fourth-order valence-corrected chi connectivity index (χ4v) is 3.28. The van der Waals surface area contributed by atoms with Gasteiger partial charge in [0.05, 0.1) is 0 Å². The molecule has 7 nitrogen and oxygen atoms in total. The van der Waals surface area contributed by atoms with Crippen molar-refractivity contribution in [1.29, 1.82) is 0 Å². The largest absolute Gasteiger partial charge is 0.373 e. The molecule has 3 rings (SSSR count). The van der Waals surface area contributed by atoms with Crippen molar-refractivity contribution >= 4 is 11.7 Å². The monoisotopic (exact) mass is 378 g/mol. The fourth-order valence-electron chi connectivity index (χ4n) is 3.28. The number of carbonyl (C=O) groups is 1. The Bertz CT molecular complexity index is 634. The maximum Gasteiger partial charge on any atom is 0.319 e. The van der Waals surface area contributed by atoms with E-state index in [0.717, 1.165) is 24.1 Å². The van der Waals surface area contributed by atoms with Crippen LogP contribution in [0.15, 0.2) is 24.3 Å². The van der Waals surface area contributed by atoms with E-state index in [1.54, 1.807) is 0 Å². The first-order chi connectivity index (χ1) is 12.9. The third-order valence-corrected chi connectivity index (χ3v) is 4.67. The minimum atomic E-state index is -0.692. The van der Waals surface area contributed by atoms with Crippen LogP contribution >= 0.6 is 0 Å². The molecular weight excluding hydrogens is 348 g/mol. The van der Waals surface area contributed by atoms with Crippen molar-refractivity contribution in [1.82, 2.24) is 5.32 Å². The molecule has 4 atom stereocenters. The highest BCUT2D eigenvalue weighted by Crippen LogP contribution is 2.38. The van der Waals surface area contributed by atoms with Crippen molar-refractivity contribution in [3.8, 4) is 0 Å². The van der Waals surface area contributed by atoms with Crippen LogP contribution in [0.25, 0.3) is 0 Å². The van der Waals surface area contributed by atoms with Crippen LogP contribution in [0.2, 0.25) is 0 Å². The highest BCUT2D eigenvalue weighted by atomic mass is 16.8. The second-order valence-corrected chi connectivity index (χ2v) is 7.53. The Labute approximate surface area is 160 Å². The second kappa shape index (κ2) is 8.56. The van der Waals surface area contributed by atoms with Crippen LogP contribution < -0.4 is 10.6 Å². The lowest BCUT2D eigenvalue weighted by Gasteiger charge is -2.26. The van der Waals surface area contributed by atoms with Crippen LogP contribution in [0, 0.1) is 6.92 Å². The number of hydrogen-bond donors (Lipinski definition) is 2. The zero-order valence-electron chi connectivity index (χ0n) is 16.5. The molecule has 7 heteroatoms. The van der Waals surface area contributed by atoms with Gasteiger partial charge in [-0.2, -0.15) is 0 Å². The number of ether oxygens (including phenoxy) is 4. The molecule has 0 aromatic heterocycles. The molecular formula is C20H30N2O5. The number of anilines is 1. The number of rotatable bonds is 7. The molecule has 2 saturated heterocycles. The fraction of sp³-hybridized carbons (Fsp3) is 0.650. The number of fused-ring (bicyclic) bond motifs is 1. The Morgan fingerprint density at radius 2 is 1.96 bits per heavy atom. The number of unbranched alkanes of at least 4 members (excludes halogenated alkanes) is 1. The highest BCUT2D eigenvalue weighted by Gasteiger charge is 2.55. The lowest BCUT2D eigenvalue weighted by Crippen LogP contribution is -2.44. The maximum absolute atomic E-state index is 12.2. The van der Waals surface area contributed by atoms with Crippen molar-refractivity contribution < 1.29 is 23.7 Å². The molecule has 1 aromatic carbocycles. The van der Waals surface area contributed by atoms with Crippen molar-refractivity contribution in [3.05, 3.63) is 29.8 Å². The van der Waals surface area contributed by atoms with Crippen molar-refractivity contribution in [2.24, 2.45) is 0 Å². The van der Waals surface area contributed by atoms with Gasteiger partial charge >= 0.3 is 6.03 Å². The second-order valence-electron chi connectivity index (χ2n) is 7.53. The van der Waals surface area contributed by atoms with Crippen LogP contribution in [0.3, 0.4) is 0 Å². The molecule has 0 spiro atoms. The van der Waals surface area contributed by atoms with E-state index < -0.39 is 12.1 Å². The SMILES string of the molecule is CCCCO[C@@H]1[C@H]2OC(C)(C)O[C@H]2O[C@H]1CNC(=O)Nc1ccc(C)cc1. The van der Waals surface area contributed by atoms with Crippen LogP contribution in [-0.2, 0) is 18.9 Å². The van der Waals surface area contributed by atoms with E-state index in [9.17, 15) is 4.79 Å². The smallest absolute Gasteiger partial charge is 0.319 e. The molecule has 0 saturated carbocycles. The predicted octanol–water partition coefficient (Wildman–Crippen LogP) is 3.18. The predicted molar refractivity (Wildman–Crippen MR) is 102 cm³/mol. The third kappa shape index (κ3) is 5.19. The molecule has 2 N–H and O–H groups in total. The van der Waals surface area contributed by atoms with Gasteiger partial charge in [-0.05, 0) is 39.3 Å². The zero-order valence-corrected chi connectivity index (χ0v) is 16.5. The van der Waals surface area contributed by atoms with Gasteiger partial charge in [-0.1, -0.05) is 31.0 Å². The van der Waals surface area contributed by atoms with Crippen LogP contribution in [0.5, 0.6) is 0 Å². The number of nitrogens with one attached hydrogen (secondary N) is 2. The van der Waals surface area contributed by atoms with Gasteiger partial charge < -0.3 is 29.6 Å². The van der Waals surface area contributed by atoms with Gasteiger partial charge in [0, 0.05) is 18.8 Å². The van der Waals surface area contributed by atoms with E-state index in [0.29, 0.717) is 13.2 Å². The van der Waals surface area contributed by atoms with E-state index in [1.807, 2.05) is 45.0 Å². The molecule has 2 amide bonds. The molecule has 2 aliphatic heterocycles. The number of amides is 2. The average Bonchev–Trinajstić information content (AvgIpc) is 3.07. The Hall–Kier alpha value is -1.67. The zero-order chi connectivity index (χ0) is 19.4. The molecule has 150 valence electrons. The minimum absolute atomic E-state index is 0.275. The molecule has 2 fully saturated rings. The highest BCUT2D eigenvalue weighted by molar-refractivity contribution is 5.89. The molecule has 0 bridgehead atoms. The summed E-state index contributed by atoms with van der Waals surface area (Å²) < 4.78 is 23.8. The summed E-state index contributed by atoms with van der Waals surface area (Å²) in [6.07, 6.45) is 0.653. The Morgan fingerprint density at radius 1 is 1.22 bits per heavy atom.